The van der Waals surface area contributed by atoms with Crippen LogP contribution in [0.25, 0.3) is 11.0 Å². The molecule has 1 unspecified atom stereocenters. The predicted molar refractivity (Wildman–Crippen MR) is 132 cm³/mol. The molecule has 2 N–H and O–H groups in total. The van der Waals surface area contributed by atoms with Crippen LogP contribution >= 0.6 is 21.6 Å². The van der Waals surface area contributed by atoms with Crippen LogP contribution in [-0.4, -0.2) is 94.6 Å². The number of aliphatic hydroxyl groups is 1. The molecule has 3 heterocycles. The number of hydrogen-bond donors (Lipinski definition) is 2. The minimum absolute atomic E-state index is 0.233. The van der Waals surface area contributed by atoms with Crippen molar-refractivity contribution in [2.24, 2.45) is 4.99 Å². The summed E-state index contributed by atoms with van der Waals surface area (Å²) in [7, 11) is 6.66. The first kappa shape index (κ1) is 28.1. The second-order valence-electron chi connectivity index (χ2n) is 7.69. The van der Waals surface area contributed by atoms with Gasteiger partial charge in [0, 0.05) is 26.7 Å². The first-order chi connectivity index (χ1) is 17.2. The van der Waals surface area contributed by atoms with Gasteiger partial charge >= 0.3 is 12.1 Å². The predicted octanol–water partition coefficient (Wildman–Crippen LogP) is 2.32. The van der Waals surface area contributed by atoms with Gasteiger partial charge in [-0.05, 0) is 6.26 Å². The van der Waals surface area contributed by atoms with E-state index < -0.39 is 31.0 Å². The van der Waals surface area contributed by atoms with E-state index in [4.69, 9.17) is 9.47 Å². The molecule has 1 fully saturated rings. The van der Waals surface area contributed by atoms with Crippen molar-refractivity contribution in [2.45, 2.75) is 31.0 Å². The first-order valence-electron chi connectivity index (χ1n) is 10.6. The van der Waals surface area contributed by atoms with Crippen LogP contribution < -0.4 is 5.32 Å². The molecule has 1 saturated heterocycles. The molecular weight excluding hydrogens is 521 g/mol. The number of hydrogen-bond acceptors (Lipinski definition) is 9. The standard InChI is InChI=1S/C21H25F3N6O4S2/c1-29(2)11-28-18-17-13(5-4-6-25-20(32)21(22,23)24)8-30(19(17)27-10-26-18)16-7-14(15(9-31)34-16)33-12-36-35-3/h8,10-11,14-16,31H,6-7,9,12H2,1-3H3,(H,25,32)/t14?,15-,16-/m1/s1. The van der Waals surface area contributed by atoms with Crippen LogP contribution in [0.15, 0.2) is 17.5 Å². The number of aliphatic imine (C=N–C) groups is 1. The van der Waals surface area contributed by atoms with E-state index in [1.807, 2.05) is 6.26 Å². The average Bonchev–Trinajstić information content (AvgIpc) is 3.41. The first-order valence-corrected chi connectivity index (χ1v) is 13.3. The highest BCUT2D eigenvalue weighted by atomic mass is 33.1. The highest BCUT2D eigenvalue weighted by molar-refractivity contribution is 8.76. The summed E-state index contributed by atoms with van der Waals surface area (Å²) in [4.78, 5) is 25.7. The van der Waals surface area contributed by atoms with Gasteiger partial charge in [-0.2, -0.15) is 13.2 Å². The van der Waals surface area contributed by atoms with Gasteiger partial charge in [0.05, 0.1) is 36.5 Å². The van der Waals surface area contributed by atoms with Gasteiger partial charge in [0.2, 0.25) is 0 Å². The summed E-state index contributed by atoms with van der Waals surface area (Å²) in [5.74, 6) is 3.97. The molecule has 0 radical (unpaired) electrons. The SMILES string of the molecule is CSSCOC1C[C@H](n2cc(C#CCNC(=O)C(F)(F)F)c3c(N=CN(C)C)ncnc32)O[C@@H]1CO. The van der Waals surface area contributed by atoms with Crippen LogP contribution in [0, 0.1) is 11.8 Å². The largest absolute Gasteiger partial charge is 0.471 e. The van der Waals surface area contributed by atoms with E-state index in [2.05, 4.69) is 26.8 Å². The van der Waals surface area contributed by atoms with Gasteiger partial charge in [-0.25, -0.2) is 15.0 Å². The van der Waals surface area contributed by atoms with E-state index in [-0.39, 0.29) is 12.7 Å². The Bertz CT molecular complexity index is 1150. The number of amides is 1. The summed E-state index contributed by atoms with van der Waals surface area (Å²) in [6.45, 7) is -0.742. The Labute approximate surface area is 213 Å². The third kappa shape index (κ3) is 7.04. The highest BCUT2D eigenvalue weighted by Gasteiger charge is 2.38. The second kappa shape index (κ2) is 12.6. The fourth-order valence-electron chi connectivity index (χ4n) is 3.39. The molecule has 10 nitrogen and oxygen atoms in total. The van der Waals surface area contributed by atoms with E-state index in [0.717, 1.165) is 0 Å². The zero-order valence-electron chi connectivity index (χ0n) is 19.7. The average molecular weight is 547 g/mol. The van der Waals surface area contributed by atoms with Crippen molar-refractivity contribution in [1.82, 2.24) is 24.8 Å². The number of rotatable bonds is 9. The summed E-state index contributed by atoms with van der Waals surface area (Å²) in [6.07, 6.45) is 0.455. The summed E-state index contributed by atoms with van der Waals surface area (Å²) < 4.78 is 50.9. The third-order valence-corrected chi connectivity index (χ3v) is 6.40. The van der Waals surface area contributed by atoms with Gasteiger partial charge in [-0.3, -0.25) is 4.79 Å². The fourth-order valence-corrected chi connectivity index (χ4v) is 4.17. The molecule has 1 amide bonds. The third-order valence-electron chi connectivity index (χ3n) is 4.94. The van der Waals surface area contributed by atoms with Crippen LogP contribution in [0.2, 0.25) is 0 Å². The summed E-state index contributed by atoms with van der Waals surface area (Å²) in [6, 6.07) is 0. The molecule has 0 aliphatic carbocycles. The fraction of sp³-hybridized carbons (Fsp3) is 0.524. The van der Waals surface area contributed by atoms with Crippen molar-refractivity contribution in [1.29, 1.82) is 0 Å². The normalized spacial score (nSPS) is 20.0. The van der Waals surface area contributed by atoms with Gasteiger partial charge in [0.15, 0.2) is 5.82 Å². The lowest BCUT2D eigenvalue weighted by molar-refractivity contribution is -0.173. The summed E-state index contributed by atoms with van der Waals surface area (Å²) >= 11 is 0. The zero-order valence-corrected chi connectivity index (χ0v) is 21.3. The molecular formula is C21H25F3N6O4S2. The molecule has 2 aromatic rings. The molecule has 196 valence electrons. The van der Waals surface area contributed by atoms with Crippen molar-refractivity contribution < 1.29 is 32.5 Å². The van der Waals surface area contributed by atoms with E-state index in [1.54, 1.807) is 52.2 Å². The lowest BCUT2D eigenvalue weighted by Gasteiger charge is -2.15. The van der Waals surface area contributed by atoms with Gasteiger partial charge < -0.3 is 29.4 Å². The number of fused-ring (bicyclic) bond motifs is 1. The van der Waals surface area contributed by atoms with Gasteiger partial charge in [0.25, 0.3) is 0 Å². The Morgan fingerprint density at radius 1 is 1.47 bits per heavy atom. The number of nitrogens with zero attached hydrogens (tertiary/aromatic N) is 5. The zero-order chi connectivity index (χ0) is 26.3. The Balaban J connectivity index is 1.95. The number of halogens is 3. The van der Waals surface area contributed by atoms with Crippen LogP contribution in [0.3, 0.4) is 0 Å². The minimum Gasteiger partial charge on any atom is -0.394 e. The van der Waals surface area contributed by atoms with E-state index in [0.29, 0.717) is 34.8 Å². The quantitative estimate of drug-likeness (QED) is 0.122. The Kier molecular flexibility index (Phi) is 9.85. The summed E-state index contributed by atoms with van der Waals surface area (Å²) in [5, 5.41) is 12.0. The number of carbonyl (C=O) groups excluding carboxylic acids is 1. The Hall–Kier alpha value is -2.51. The molecule has 3 atom stereocenters. The van der Waals surface area contributed by atoms with E-state index in [1.165, 1.54) is 17.1 Å². The smallest absolute Gasteiger partial charge is 0.394 e. The lowest BCUT2D eigenvalue weighted by Crippen LogP contribution is -2.36. The molecule has 1 aliphatic heterocycles. The molecule has 0 bridgehead atoms. The second-order valence-corrected chi connectivity index (χ2v) is 10.2. The number of nitrogens with one attached hydrogen (secondary N) is 1. The van der Waals surface area contributed by atoms with Crippen molar-refractivity contribution in [3.8, 4) is 11.8 Å². The van der Waals surface area contributed by atoms with Crippen LogP contribution in [0.5, 0.6) is 0 Å². The maximum atomic E-state index is 12.4. The molecule has 36 heavy (non-hydrogen) atoms. The van der Waals surface area contributed by atoms with Gasteiger partial charge in [-0.15, -0.1) is 0 Å². The van der Waals surface area contributed by atoms with Crippen molar-refractivity contribution >= 4 is 50.7 Å². The topological polar surface area (TPSA) is 114 Å². The number of aliphatic hydroxyl groups excluding tert-OH is 1. The molecule has 1 aliphatic rings. The highest BCUT2D eigenvalue weighted by Crippen LogP contribution is 2.36. The maximum Gasteiger partial charge on any atom is 0.471 e. The molecule has 3 rings (SSSR count). The molecule has 2 aromatic heterocycles. The van der Waals surface area contributed by atoms with Crippen LogP contribution in [0.1, 0.15) is 18.2 Å². The van der Waals surface area contributed by atoms with Crippen molar-refractivity contribution in [3.05, 3.63) is 18.1 Å². The molecule has 15 heteroatoms. The van der Waals surface area contributed by atoms with Crippen LogP contribution in [0.4, 0.5) is 19.0 Å². The number of alkyl halides is 3. The van der Waals surface area contributed by atoms with Gasteiger partial charge in [-0.1, -0.05) is 33.4 Å². The maximum absolute atomic E-state index is 12.4. The Morgan fingerprint density at radius 3 is 2.92 bits per heavy atom. The number of aromatic nitrogens is 3. The van der Waals surface area contributed by atoms with Crippen molar-refractivity contribution in [3.63, 3.8) is 0 Å². The monoisotopic (exact) mass is 546 g/mol. The molecule has 0 aromatic carbocycles. The molecule has 0 saturated carbocycles. The lowest BCUT2D eigenvalue weighted by atomic mass is 10.2. The minimum atomic E-state index is -4.99. The van der Waals surface area contributed by atoms with Crippen LogP contribution in [-0.2, 0) is 14.3 Å². The van der Waals surface area contributed by atoms with E-state index in [9.17, 15) is 23.1 Å². The molecule has 0 spiro atoms. The number of ether oxygens (including phenoxy) is 2. The Morgan fingerprint density at radius 2 is 2.25 bits per heavy atom. The number of carbonyl (C=O) groups is 1. The van der Waals surface area contributed by atoms with Gasteiger partial charge in [0.1, 0.15) is 30.2 Å². The van der Waals surface area contributed by atoms with E-state index >= 15 is 0 Å². The van der Waals surface area contributed by atoms with Crippen molar-refractivity contribution in [2.75, 3.05) is 39.4 Å². The summed E-state index contributed by atoms with van der Waals surface area (Å²) in [5.41, 5.74) is 0.838.